The quantitative estimate of drug-likeness (QED) is 0.866. The SMILES string of the molecule is CN(C)c1cccc([C@H](N)C(C)(C)C(=O)OC(C)(C)C)c1. The zero-order valence-electron chi connectivity index (χ0n) is 14.2. The summed E-state index contributed by atoms with van der Waals surface area (Å²) in [6.45, 7) is 9.24. The van der Waals surface area contributed by atoms with Gasteiger partial charge in [0.05, 0.1) is 5.41 Å². The molecular weight excluding hydrogens is 264 g/mol. The van der Waals surface area contributed by atoms with Gasteiger partial charge in [-0.1, -0.05) is 12.1 Å². The first-order valence-electron chi connectivity index (χ1n) is 7.21. The minimum absolute atomic E-state index is 0.280. The zero-order valence-corrected chi connectivity index (χ0v) is 14.2. The molecule has 118 valence electrons. The van der Waals surface area contributed by atoms with Crippen LogP contribution in [0.15, 0.2) is 24.3 Å². The predicted octanol–water partition coefficient (Wildman–Crippen LogP) is 3.12. The third-order valence-corrected chi connectivity index (χ3v) is 3.45. The number of ether oxygens (including phenoxy) is 1. The summed E-state index contributed by atoms with van der Waals surface area (Å²) in [5.74, 6) is -0.280. The highest BCUT2D eigenvalue weighted by atomic mass is 16.6. The number of nitrogens with zero attached hydrogens (tertiary/aromatic N) is 1. The molecule has 1 atom stereocenters. The van der Waals surface area contributed by atoms with Gasteiger partial charge in [-0.2, -0.15) is 0 Å². The lowest BCUT2D eigenvalue weighted by Gasteiger charge is -2.33. The van der Waals surface area contributed by atoms with Crippen molar-refractivity contribution in [2.24, 2.45) is 11.1 Å². The van der Waals surface area contributed by atoms with Gasteiger partial charge < -0.3 is 15.4 Å². The Morgan fingerprint density at radius 3 is 2.24 bits per heavy atom. The molecule has 1 aromatic carbocycles. The van der Waals surface area contributed by atoms with Gasteiger partial charge in [-0.05, 0) is 52.3 Å². The Labute approximate surface area is 128 Å². The van der Waals surface area contributed by atoms with E-state index in [-0.39, 0.29) is 5.97 Å². The molecule has 0 saturated carbocycles. The normalized spacial score (nSPS) is 13.7. The van der Waals surface area contributed by atoms with Crippen LogP contribution < -0.4 is 10.6 Å². The van der Waals surface area contributed by atoms with Crippen LogP contribution >= 0.6 is 0 Å². The molecule has 0 bridgehead atoms. The second-order valence-electron chi connectivity index (χ2n) is 7.19. The van der Waals surface area contributed by atoms with Crippen molar-refractivity contribution in [3.05, 3.63) is 29.8 Å². The van der Waals surface area contributed by atoms with Gasteiger partial charge in [-0.3, -0.25) is 4.79 Å². The number of nitrogens with two attached hydrogens (primary N) is 1. The zero-order chi connectivity index (χ0) is 16.4. The van der Waals surface area contributed by atoms with Gasteiger partial charge in [-0.15, -0.1) is 0 Å². The number of anilines is 1. The van der Waals surface area contributed by atoms with Gasteiger partial charge >= 0.3 is 5.97 Å². The van der Waals surface area contributed by atoms with Crippen molar-refractivity contribution >= 4 is 11.7 Å². The summed E-state index contributed by atoms with van der Waals surface area (Å²) in [5, 5.41) is 0. The molecule has 4 heteroatoms. The van der Waals surface area contributed by atoms with Gasteiger partial charge in [0.15, 0.2) is 0 Å². The third kappa shape index (κ3) is 4.46. The van der Waals surface area contributed by atoms with Crippen LogP contribution in [0.3, 0.4) is 0 Å². The Bertz CT molecular complexity index is 502. The first-order valence-corrected chi connectivity index (χ1v) is 7.21. The Balaban J connectivity index is 3.02. The van der Waals surface area contributed by atoms with E-state index in [4.69, 9.17) is 10.5 Å². The van der Waals surface area contributed by atoms with Gasteiger partial charge in [0.25, 0.3) is 0 Å². The molecule has 0 aliphatic rings. The Morgan fingerprint density at radius 2 is 1.76 bits per heavy atom. The van der Waals surface area contributed by atoms with Crippen molar-refractivity contribution in [3.63, 3.8) is 0 Å². The van der Waals surface area contributed by atoms with Crippen molar-refractivity contribution in [1.29, 1.82) is 0 Å². The third-order valence-electron chi connectivity index (χ3n) is 3.45. The van der Waals surface area contributed by atoms with Crippen molar-refractivity contribution in [2.75, 3.05) is 19.0 Å². The smallest absolute Gasteiger partial charge is 0.313 e. The molecule has 0 unspecified atom stereocenters. The highest BCUT2D eigenvalue weighted by Gasteiger charge is 2.39. The fourth-order valence-electron chi connectivity index (χ4n) is 1.95. The Hall–Kier alpha value is -1.55. The highest BCUT2D eigenvalue weighted by molar-refractivity contribution is 5.77. The van der Waals surface area contributed by atoms with E-state index in [0.29, 0.717) is 0 Å². The molecule has 0 aromatic heterocycles. The van der Waals surface area contributed by atoms with E-state index in [9.17, 15) is 4.79 Å². The van der Waals surface area contributed by atoms with Gasteiger partial charge in [-0.25, -0.2) is 0 Å². The van der Waals surface area contributed by atoms with E-state index < -0.39 is 17.1 Å². The average molecular weight is 292 g/mol. The highest BCUT2D eigenvalue weighted by Crippen LogP contribution is 2.35. The predicted molar refractivity (Wildman–Crippen MR) is 87.3 cm³/mol. The molecule has 4 nitrogen and oxygen atoms in total. The van der Waals surface area contributed by atoms with Crippen LogP contribution in [0.4, 0.5) is 5.69 Å². The largest absolute Gasteiger partial charge is 0.460 e. The maximum Gasteiger partial charge on any atom is 0.313 e. The standard InChI is InChI=1S/C17H28N2O2/c1-16(2,3)21-15(20)17(4,5)14(18)12-9-8-10-13(11-12)19(6)7/h8-11,14H,18H2,1-7H3/t14-/m0/s1. The Morgan fingerprint density at radius 1 is 1.19 bits per heavy atom. The average Bonchev–Trinajstić information content (AvgIpc) is 2.35. The van der Waals surface area contributed by atoms with Crippen LogP contribution in [-0.2, 0) is 9.53 Å². The summed E-state index contributed by atoms with van der Waals surface area (Å²) in [6, 6.07) is 7.50. The molecule has 1 rings (SSSR count). The molecule has 0 amide bonds. The fraction of sp³-hybridized carbons (Fsp3) is 0.588. The molecule has 21 heavy (non-hydrogen) atoms. The molecule has 0 fully saturated rings. The number of hydrogen-bond donors (Lipinski definition) is 1. The second kappa shape index (κ2) is 6.06. The maximum absolute atomic E-state index is 12.4. The van der Waals surface area contributed by atoms with E-state index in [1.165, 1.54) is 0 Å². The molecule has 0 heterocycles. The summed E-state index contributed by atoms with van der Waals surface area (Å²) < 4.78 is 5.49. The van der Waals surface area contributed by atoms with Gasteiger partial charge in [0.1, 0.15) is 5.60 Å². The first kappa shape index (κ1) is 17.5. The molecule has 2 N–H and O–H groups in total. The lowest BCUT2D eigenvalue weighted by Crippen LogP contribution is -2.41. The van der Waals surface area contributed by atoms with E-state index in [2.05, 4.69) is 0 Å². The van der Waals surface area contributed by atoms with Crippen LogP contribution in [0.1, 0.15) is 46.2 Å². The molecule has 0 aliphatic carbocycles. The maximum atomic E-state index is 12.4. The Kier molecular flexibility index (Phi) is 5.05. The molecule has 0 saturated heterocycles. The van der Waals surface area contributed by atoms with Crippen molar-refractivity contribution in [1.82, 2.24) is 0 Å². The molecule has 0 spiro atoms. The van der Waals surface area contributed by atoms with Crippen molar-refractivity contribution < 1.29 is 9.53 Å². The summed E-state index contributed by atoms with van der Waals surface area (Å²) in [5.41, 5.74) is 7.02. The van der Waals surface area contributed by atoms with E-state index in [0.717, 1.165) is 11.3 Å². The lowest BCUT2D eigenvalue weighted by molar-refractivity contribution is -0.167. The monoisotopic (exact) mass is 292 g/mol. The summed E-state index contributed by atoms with van der Waals surface area (Å²) in [7, 11) is 3.95. The summed E-state index contributed by atoms with van der Waals surface area (Å²) in [6.07, 6.45) is 0. The minimum atomic E-state index is -0.793. The lowest BCUT2D eigenvalue weighted by atomic mass is 9.80. The van der Waals surface area contributed by atoms with Crippen molar-refractivity contribution in [3.8, 4) is 0 Å². The number of carbonyl (C=O) groups excluding carboxylic acids is 1. The first-order chi connectivity index (χ1) is 9.45. The number of esters is 1. The second-order valence-corrected chi connectivity index (χ2v) is 7.19. The van der Waals surface area contributed by atoms with Gasteiger partial charge in [0, 0.05) is 25.8 Å². The van der Waals surface area contributed by atoms with Gasteiger partial charge in [0.2, 0.25) is 0 Å². The van der Waals surface area contributed by atoms with Crippen LogP contribution in [0.2, 0.25) is 0 Å². The summed E-state index contributed by atoms with van der Waals surface area (Å²) >= 11 is 0. The molecule has 0 aliphatic heterocycles. The number of rotatable bonds is 4. The summed E-state index contributed by atoms with van der Waals surface area (Å²) in [4.78, 5) is 14.4. The number of benzene rings is 1. The van der Waals surface area contributed by atoms with E-state index in [1.54, 1.807) is 0 Å². The molecular formula is C17H28N2O2. The van der Waals surface area contributed by atoms with E-state index in [1.807, 2.05) is 77.9 Å². The minimum Gasteiger partial charge on any atom is -0.460 e. The van der Waals surface area contributed by atoms with Crippen molar-refractivity contribution in [2.45, 2.75) is 46.3 Å². The van der Waals surface area contributed by atoms with Crippen LogP contribution in [-0.4, -0.2) is 25.7 Å². The number of carbonyl (C=O) groups is 1. The van der Waals surface area contributed by atoms with Crippen LogP contribution in [0.5, 0.6) is 0 Å². The molecule has 0 radical (unpaired) electrons. The molecule has 1 aromatic rings. The fourth-order valence-corrected chi connectivity index (χ4v) is 1.95. The van der Waals surface area contributed by atoms with Crippen LogP contribution in [0, 0.1) is 5.41 Å². The number of hydrogen-bond acceptors (Lipinski definition) is 4. The topological polar surface area (TPSA) is 55.6 Å². The van der Waals surface area contributed by atoms with Crippen LogP contribution in [0.25, 0.3) is 0 Å². The van der Waals surface area contributed by atoms with E-state index >= 15 is 0 Å².